The van der Waals surface area contributed by atoms with Crippen molar-refractivity contribution >= 4 is 17.6 Å². The first kappa shape index (κ1) is 15.7. The fourth-order valence-corrected chi connectivity index (χ4v) is 1.79. The molecule has 2 aromatic rings. The molecule has 0 fully saturated rings. The first-order valence-corrected chi connectivity index (χ1v) is 6.95. The van der Waals surface area contributed by atoms with Gasteiger partial charge in [-0.1, -0.05) is 19.1 Å². The van der Waals surface area contributed by atoms with Gasteiger partial charge in [-0.2, -0.15) is 0 Å². The molecule has 0 aliphatic heterocycles. The van der Waals surface area contributed by atoms with Gasteiger partial charge in [0.25, 0.3) is 5.91 Å². The number of para-hydroxylation sites is 1. The lowest BCUT2D eigenvalue weighted by Crippen LogP contribution is -2.13. The summed E-state index contributed by atoms with van der Waals surface area (Å²) >= 11 is 0. The highest BCUT2D eigenvalue weighted by Crippen LogP contribution is 2.14. The van der Waals surface area contributed by atoms with Crippen LogP contribution in [0.2, 0.25) is 0 Å². The van der Waals surface area contributed by atoms with Gasteiger partial charge >= 0.3 is 5.97 Å². The molecule has 0 atom stereocenters. The Morgan fingerprint density at radius 2 is 1.68 bits per heavy atom. The topological polar surface area (TPSA) is 55.4 Å². The second-order valence-electron chi connectivity index (χ2n) is 4.65. The van der Waals surface area contributed by atoms with Gasteiger partial charge in [0.05, 0.1) is 17.9 Å². The zero-order chi connectivity index (χ0) is 15.9. The summed E-state index contributed by atoms with van der Waals surface area (Å²) in [6, 6.07) is 11.9. The zero-order valence-electron chi connectivity index (χ0n) is 12.1. The first-order valence-electron chi connectivity index (χ1n) is 6.95. The Bertz CT molecular complexity index is 668. The number of rotatable bonds is 5. The molecular weight excluding hydrogens is 285 g/mol. The standard InChI is InChI=1S/C17H16FNO3/c1-2-11-22-17(21)13-9-7-12(8-10-13)16(20)19-15-6-4-3-5-14(15)18/h3-10H,2,11H2,1H3,(H,19,20). The Hall–Kier alpha value is -2.69. The summed E-state index contributed by atoms with van der Waals surface area (Å²) < 4.78 is 18.5. The maximum Gasteiger partial charge on any atom is 0.338 e. The molecule has 1 amide bonds. The molecule has 0 spiro atoms. The summed E-state index contributed by atoms with van der Waals surface area (Å²) in [5.74, 6) is -1.38. The predicted molar refractivity (Wildman–Crippen MR) is 81.4 cm³/mol. The van der Waals surface area contributed by atoms with E-state index in [1.165, 1.54) is 36.4 Å². The average Bonchev–Trinajstić information content (AvgIpc) is 2.55. The van der Waals surface area contributed by atoms with Gasteiger partial charge in [0, 0.05) is 5.56 Å². The number of nitrogens with one attached hydrogen (secondary N) is 1. The van der Waals surface area contributed by atoms with Crippen molar-refractivity contribution in [1.82, 2.24) is 0 Å². The van der Waals surface area contributed by atoms with E-state index in [0.29, 0.717) is 17.7 Å². The molecule has 1 N–H and O–H groups in total. The quantitative estimate of drug-likeness (QED) is 0.858. The Kier molecular flexibility index (Phi) is 5.25. The van der Waals surface area contributed by atoms with E-state index in [0.717, 1.165) is 6.42 Å². The van der Waals surface area contributed by atoms with Gasteiger partial charge in [0.1, 0.15) is 5.82 Å². The Balaban J connectivity index is 2.05. The highest BCUT2D eigenvalue weighted by Gasteiger charge is 2.11. The van der Waals surface area contributed by atoms with Crippen LogP contribution in [0.4, 0.5) is 10.1 Å². The third-order valence-corrected chi connectivity index (χ3v) is 2.94. The lowest BCUT2D eigenvalue weighted by Gasteiger charge is -2.07. The van der Waals surface area contributed by atoms with Crippen LogP contribution >= 0.6 is 0 Å². The number of esters is 1. The molecule has 0 aliphatic rings. The molecule has 0 aromatic heterocycles. The van der Waals surface area contributed by atoms with Gasteiger partial charge < -0.3 is 10.1 Å². The smallest absolute Gasteiger partial charge is 0.338 e. The van der Waals surface area contributed by atoms with Crippen molar-refractivity contribution in [2.75, 3.05) is 11.9 Å². The van der Waals surface area contributed by atoms with Crippen molar-refractivity contribution in [2.24, 2.45) is 0 Å². The minimum absolute atomic E-state index is 0.110. The SMILES string of the molecule is CCCOC(=O)c1ccc(C(=O)Nc2ccccc2F)cc1. The van der Waals surface area contributed by atoms with E-state index in [4.69, 9.17) is 4.74 Å². The molecule has 0 saturated carbocycles. The number of carbonyl (C=O) groups excluding carboxylic acids is 2. The molecule has 0 radical (unpaired) electrons. The van der Waals surface area contributed by atoms with Crippen LogP contribution in [-0.2, 0) is 4.74 Å². The maximum absolute atomic E-state index is 13.5. The van der Waals surface area contributed by atoms with Gasteiger partial charge in [-0.25, -0.2) is 9.18 Å². The van der Waals surface area contributed by atoms with Crippen molar-refractivity contribution < 1.29 is 18.7 Å². The number of ether oxygens (including phenoxy) is 1. The lowest BCUT2D eigenvalue weighted by molar-refractivity contribution is 0.0505. The van der Waals surface area contributed by atoms with Gasteiger partial charge in [0.15, 0.2) is 0 Å². The number of benzene rings is 2. The minimum Gasteiger partial charge on any atom is -0.462 e. The number of anilines is 1. The van der Waals surface area contributed by atoms with E-state index >= 15 is 0 Å². The van der Waals surface area contributed by atoms with E-state index in [1.54, 1.807) is 12.1 Å². The van der Waals surface area contributed by atoms with Crippen molar-refractivity contribution in [3.05, 3.63) is 65.5 Å². The molecule has 0 saturated heterocycles. The molecule has 2 aromatic carbocycles. The summed E-state index contributed by atoms with van der Waals surface area (Å²) in [7, 11) is 0. The van der Waals surface area contributed by atoms with E-state index in [2.05, 4.69) is 5.32 Å². The fourth-order valence-electron chi connectivity index (χ4n) is 1.79. The summed E-state index contributed by atoms with van der Waals surface area (Å²) in [6.45, 7) is 2.26. The van der Waals surface area contributed by atoms with Crippen LogP contribution in [0, 0.1) is 5.82 Å². The number of hydrogen-bond donors (Lipinski definition) is 1. The summed E-state index contributed by atoms with van der Waals surface area (Å²) in [6.07, 6.45) is 0.745. The predicted octanol–water partition coefficient (Wildman–Crippen LogP) is 3.64. The van der Waals surface area contributed by atoms with Gasteiger partial charge in [-0.15, -0.1) is 0 Å². The molecule has 5 heteroatoms. The second-order valence-corrected chi connectivity index (χ2v) is 4.65. The van der Waals surface area contributed by atoms with Crippen LogP contribution in [0.1, 0.15) is 34.1 Å². The van der Waals surface area contributed by atoms with Crippen LogP contribution in [0.5, 0.6) is 0 Å². The Morgan fingerprint density at radius 1 is 1.05 bits per heavy atom. The highest BCUT2D eigenvalue weighted by atomic mass is 19.1. The van der Waals surface area contributed by atoms with Crippen molar-refractivity contribution in [1.29, 1.82) is 0 Å². The van der Waals surface area contributed by atoms with Crippen LogP contribution in [-0.4, -0.2) is 18.5 Å². The molecule has 0 aliphatic carbocycles. The van der Waals surface area contributed by atoms with Crippen LogP contribution in [0.15, 0.2) is 48.5 Å². The number of hydrogen-bond acceptors (Lipinski definition) is 3. The average molecular weight is 301 g/mol. The normalized spacial score (nSPS) is 10.1. The van der Waals surface area contributed by atoms with Gasteiger partial charge in [0.2, 0.25) is 0 Å². The summed E-state index contributed by atoms with van der Waals surface area (Å²) in [5.41, 5.74) is 0.810. The lowest BCUT2D eigenvalue weighted by atomic mass is 10.1. The van der Waals surface area contributed by atoms with E-state index in [1.807, 2.05) is 6.92 Å². The fraction of sp³-hybridized carbons (Fsp3) is 0.176. The molecule has 2 rings (SSSR count). The Labute approximate surface area is 127 Å². The maximum atomic E-state index is 13.5. The summed E-state index contributed by atoms with van der Waals surface area (Å²) in [4.78, 5) is 23.7. The van der Waals surface area contributed by atoms with Crippen molar-refractivity contribution in [3.8, 4) is 0 Å². The first-order chi connectivity index (χ1) is 10.6. The Morgan fingerprint density at radius 3 is 2.32 bits per heavy atom. The van der Waals surface area contributed by atoms with Gasteiger partial charge in [-0.3, -0.25) is 4.79 Å². The highest BCUT2D eigenvalue weighted by molar-refractivity contribution is 6.04. The summed E-state index contributed by atoms with van der Waals surface area (Å²) in [5, 5.41) is 2.48. The van der Waals surface area contributed by atoms with E-state index < -0.39 is 17.7 Å². The molecule has 0 bridgehead atoms. The molecule has 0 unspecified atom stereocenters. The zero-order valence-corrected chi connectivity index (χ0v) is 12.1. The largest absolute Gasteiger partial charge is 0.462 e. The second kappa shape index (κ2) is 7.36. The minimum atomic E-state index is -0.504. The van der Waals surface area contributed by atoms with Crippen LogP contribution < -0.4 is 5.32 Å². The number of amides is 1. The third-order valence-electron chi connectivity index (χ3n) is 2.94. The van der Waals surface area contributed by atoms with Crippen LogP contribution in [0.3, 0.4) is 0 Å². The van der Waals surface area contributed by atoms with E-state index in [-0.39, 0.29) is 5.69 Å². The molecule has 4 nitrogen and oxygen atoms in total. The molecular formula is C17H16FNO3. The number of carbonyl (C=O) groups is 2. The van der Waals surface area contributed by atoms with Gasteiger partial charge in [-0.05, 0) is 42.8 Å². The van der Waals surface area contributed by atoms with Crippen molar-refractivity contribution in [3.63, 3.8) is 0 Å². The third kappa shape index (κ3) is 3.91. The monoisotopic (exact) mass is 301 g/mol. The molecule has 22 heavy (non-hydrogen) atoms. The molecule has 114 valence electrons. The number of halogens is 1. The molecule has 0 heterocycles. The van der Waals surface area contributed by atoms with E-state index in [9.17, 15) is 14.0 Å². The van der Waals surface area contributed by atoms with Crippen LogP contribution in [0.25, 0.3) is 0 Å². The van der Waals surface area contributed by atoms with Crippen molar-refractivity contribution in [2.45, 2.75) is 13.3 Å².